The Morgan fingerprint density at radius 1 is 1.30 bits per heavy atom. The zero-order chi connectivity index (χ0) is 14.1. The number of nitrogens with zero attached hydrogens (tertiary/aromatic N) is 2. The third kappa shape index (κ3) is 2.65. The standard InChI is InChI=1S/C15H17BrFN3/c1-20-9-13(12-8-11(16)2-3-14(12)17)15(19-20)10-4-6-18-7-5-10/h2-3,8-10,18H,4-7H2,1H3. The maximum absolute atomic E-state index is 14.1. The summed E-state index contributed by atoms with van der Waals surface area (Å²) in [6.07, 6.45) is 4.03. The SMILES string of the molecule is Cn1cc(-c2cc(Br)ccc2F)c(C2CCNCC2)n1. The number of aryl methyl sites for hydroxylation is 1. The number of halogens is 2. The highest BCUT2D eigenvalue weighted by atomic mass is 79.9. The molecule has 0 saturated carbocycles. The molecule has 0 bridgehead atoms. The largest absolute Gasteiger partial charge is 0.317 e. The Labute approximate surface area is 126 Å². The van der Waals surface area contributed by atoms with E-state index < -0.39 is 0 Å². The van der Waals surface area contributed by atoms with Gasteiger partial charge in [-0.15, -0.1) is 0 Å². The summed E-state index contributed by atoms with van der Waals surface area (Å²) >= 11 is 3.42. The van der Waals surface area contributed by atoms with Crippen molar-refractivity contribution in [1.82, 2.24) is 15.1 Å². The van der Waals surface area contributed by atoms with Gasteiger partial charge in [0.25, 0.3) is 0 Å². The lowest BCUT2D eigenvalue weighted by Gasteiger charge is -2.22. The molecule has 5 heteroatoms. The normalized spacial score (nSPS) is 16.6. The van der Waals surface area contributed by atoms with Crippen molar-refractivity contribution < 1.29 is 4.39 Å². The smallest absolute Gasteiger partial charge is 0.131 e. The first-order valence-corrected chi connectivity index (χ1v) is 7.64. The predicted octanol–water partition coefficient (Wildman–Crippen LogP) is 3.46. The van der Waals surface area contributed by atoms with Gasteiger partial charge in [0.05, 0.1) is 5.69 Å². The molecule has 1 N–H and O–H groups in total. The van der Waals surface area contributed by atoms with E-state index in [1.54, 1.807) is 10.7 Å². The molecule has 0 aliphatic carbocycles. The summed E-state index contributed by atoms with van der Waals surface area (Å²) in [4.78, 5) is 0. The van der Waals surface area contributed by atoms with E-state index >= 15 is 0 Å². The third-order valence-corrected chi connectivity index (χ3v) is 4.30. The maximum atomic E-state index is 14.1. The molecule has 0 unspecified atom stereocenters. The van der Waals surface area contributed by atoms with Gasteiger partial charge >= 0.3 is 0 Å². The molecule has 106 valence electrons. The predicted molar refractivity (Wildman–Crippen MR) is 81.1 cm³/mol. The van der Waals surface area contributed by atoms with Crippen LogP contribution in [-0.4, -0.2) is 22.9 Å². The van der Waals surface area contributed by atoms with Crippen LogP contribution in [-0.2, 0) is 7.05 Å². The van der Waals surface area contributed by atoms with Gasteiger partial charge in [0.15, 0.2) is 0 Å². The molecule has 1 saturated heterocycles. The van der Waals surface area contributed by atoms with Gasteiger partial charge in [0.2, 0.25) is 0 Å². The Kier molecular flexibility index (Phi) is 3.89. The van der Waals surface area contributed by atoms with Crippen molar-refractivity contribution in [3.05, 3.63) is 40.4 Å². The highest BCUT2D eigenvalue weighted by Crippen LogP contribution is 2.35. The number of benzene rings is 1. The lowest BCUT2D eigenvalue weighted by atomic mass is 9.90. The van der Waals surface area contributed by atoms with Crippen LogP contribution in [0.15, 0.2) is 28.9 Å². The number of nitrogens with one attached hydrogen (secondary N) is 1. The molecule has 3 nitrogen and oxygen atoms in total. The second kappa shape index (κ2) is 5.66. The Morgan fingerprint density at radius 2 is 2.05 bits per heavy atom. The van der Waals surface area contributed by atoms with Gasteiger partial charge in [-0.3, -0.25) is 4.68 Å². The number of rotatable bonds is 2. The highest BCUT2D eigenvalue weighted by Gasteiger charge is 2.23. The number of aromatic nitrogens is 2. The minimum absolute atomic E-state index is 0.198. The molecule has 0 atom stereocenters. The molecular formula is C15H17BrFN3. The van der Waals surface area contributed by atoms with Crippen molar-refractivity contribution in [2.75, 3.05) is 13.1 Å². The van der Waals surface area contributed by atoms with Gasteiger partial charge in [0, 0.05) is 34.8 Å². The molecule has 1 aliphatic heterocycles. The number of piperidine rings is 1. The topological polar surface area (TPSA) is 29.9 Å². The van der Waals surface area contributed by atoms with Crippen LogP contribution < -0.4 is 5.32 Å². The first-order chi connectivity index (χ1) is 9.65. The second-order valence-corrected chi connectivity index (χ2v) is 6.17. The fourth-order valence-electron chi connectivity index (χ4n) is 2.81. The Morgan fingerprint density at radius 3 is 2.80 bits per heavy atom. The van der Waals surface area contributed by atoms with E-state index in [4.69, 9.17) is 0 Å². The second-order valence-electron chi connectivity index (χ2n) is 5.25. The Balaban J connectivity index is 2.06. The van der Waals surface area contributed by atoms with E-state index in [9.17, 15) is 4.39 Å². The molecule has 2 aromatic rings. The Bertz CT molecular complexity index is 618. The minimum atomic E-state index is -0.198. The van der Waals surface area contributed by atoms with Gasteiger partial charge in [-0.25, -0.2) is 4.39 Å². The van der Waals surface area contributed by atoms with Crippen molar-refractivity contribution in [2.24, 2.45) is 7.05 Å². The molecule has 2 heterocycles. The molecule has 1 aliphatic rings. The Hall–Kier alpha value is -1.20. The molecule has 1 aromatic carbocycles. The van der Waals surface area contributed by atoms with Gasteiger partial charge < -0.3 is 5.32 Å². The maximum Gasteiger partial charge on any atom is 0.131 e. The summed E-state index contributed by atoms with van der Waals surface area (Å²) in [5.41, 5.74) is 2.56. The van der Waals surface area contributed by atoms with Crippen LogP contribution in [0.4, 0.5) is 4.39 Å². The van der Waals surface area contributed by atoms with E-state index in [0.29, 0.717) is 11.5 Å². The molecular weight excluding hydrogens is 321 g/mol. The average molecular weight is 338 g/mol. The average Bonchev–Trinajstić information content (AvgIpc) is 2.84. The highest BCUT2D eigenvalue weighted by molar-refractivity contribution is 9.10. The van der Waals surface area contributed by atoms with Crippen molar-refractivity contribution in [3.63, 3.8) is 0 Å². The zero-order valence-electron chi connectivity index (χ0n) is 11.4. The van der Waals surface area contributed by atoms with Gasteiger partial charge in [-0.2, -0.15) is 5.10 Å². The molecule has 20 heavy (non-hydrogen) atoms. The minimum Gasteiger partial charge on any atom is -0.317 e. The zero-order valence-corrected chi connectivity index (χ0v) is 13.0. The number of hydrogen-bond acceptors (Lipinski definition) is 2. The number of hydrogen-bond donors (Lipinski definition) is 1. The fourth-order valence-corrected chi connectivity index (χ4v) is 3.18. The lowest BCUT2D eigenvalue weighted by Crippen LogP contribution is -2.27. The summed E-state index contributed by atoms with van der Waals surface area (Å²) in [7, 11) is 1.89. The molecule has 0 radical (unpaired) electrons. The van der Waals surface area contributed by atoms with E-state index in [1.165, 1.54) is 6.07 Å². The van der Waals surface area contributed by atoms with Crippen molar-refractivity contribution >= 4 is 15.9 Å². The first kappa shape index (κ1) is 13.8. The summed E-state index contributed by atoms with van der Waals surface area (Å²) in [5.74, 6) is 0.210. The van der Waals surface area contributed by atoms with Crippen LogP contribution in [0.5, 0.6) is 0 Å². The van der Waals surface area contributed by atoms with E-state index in [2.05, 4.69) is 26.3 Å². The van der Waals surface area contributed by atoms with Crippen LogP contribution >= 0.6 is 15.9 Å². The summed E-state index contributed by atoms with van der Waals surface area (Å²) < 4.78 is 16.8. The van der Waals surface area contributed by atoms with Crippen LogP contribution in [0.3, 0.4) is 0 Å². The molecule has 1 fully saturated rings. The fraction of sp³-hybridized carbons (Fsp3) is 0.400. The van der Waals surface area contributed by atoms with Gasteiger partial charge in [0.1, 0.15) is 5.82 Å². The van der Waals surface area contributed by atoms with Crippen molar-refractivity contribution in [2.45, 2.75) is 18.8 Å². The molecule has 0 amide bonds. The van der Waals surface area contributed by atoms with E-state index in [1.807, 2.05) is 19.3 Å². The lowest BCUT2D eigenvalue weighted by molar-refractivity contribution is 0.450. The summed E-state index contributed by atoms with van der Waals surface area (Å²) in [5, 5.41) is 7.94. The van der Waals surface area contributed by atoms with Gasteiger partial charge in [-0.1, -0.05) is 15.9 Å². The van der Waals surface area contributed by atoms with Crippen LogP contribution in [0.1, 0.15) is 24.5 Å². The van der Waals surface area contributed by atoms with Crippen LogP contribution in [0.2, 0.25) is 0 Å². The molecule has 1 aromatic heterocycles. The molecule has 3 rings (SSSR count). The van der Waals surface area contributed by atoms with E-state index in [-0.39, 0.29) is 5.82 Å². The summed E-state index contributed by atoms with van der Waals surface area (Å²) in [6, 6.07) is 5.05. The van der Waals surface area contributed by atoms with Crippen molar-refractivity contribution in [3.8, 4) is 11.1 Å². The summed E-state index contributed by atoms with van der Waals surface area (Å²) in [6.45, 7) is 2.00. The molecule has 0 spiro atoms. The van der Waals surface area contributed by atoms with Gasteiger partial charge in [-0.05, 0) is 44.1 Å². The van der Waals surface area contributed by atoms with Crippen LogP contribution in [0.25, 0.3) is 11.1 Å². The van der Waals surface area contributed by atoms with Crippen LogP contribution in [0, 0.1) is 5.82 Å². The monoisotopic (exact) mass is 337 g/mol. The van der Waals surface area contributed by atoms with Crippen molar-refractivity contribution in [1.29, 1.82) is 0 Å². The quantitative estimate of drug-likeness (QED) is 0.909. The first-order valence-electron chi connectivity index (χ1n) is 6.85. The van der Waals surface area contributed by atoms with E-state index in [0.717, 1.165) is 41.7 Å². The third-order valence-electron chi connectivity index (χ3n) is 3.80.